The van der Waals surface area contributed by atoms with E-state index in [0.29, 0.717) is 17.3 Å². The number of rotatable bonds is 7. The van der Waals surface area contributed by atoms with Crippen molar-refractivity contribution in [1.29, 1.82) is 5.26 Å². The molecule has 3 aromatic rings. The molecular weight excluding hydrogens is 509 g/mol. The average molecular weight is 537 g/mol. The normalized spacial score (nSPS) is 15.1. The van der Waals surface area contributed by atoms with Crippen LogP contribution < -0.4 is 15.0 Å². The van der Waals surface area contributed by atoms with Crippen molar-refractivity contribution in [3.8, 4) is 11.8 Å². The van der Waals surface area contributed by atoms with Gasteiger partial charge in [-0.15, -0.1) is 0 Å². The minimum atomic E-state index is -4.83. The van der Waals surface area contributed by atoms with E-state index in [0.717, 1.165) is 22.4 Å². The van der Waals surface area contributed by atoms with Crippen LogP contribution >= 0.6 is 0 Å². The molecule has 1 aliphatic rings. The maximum atomic E-state index is 13.6. The zero-order chi connectivity index (χ0) is 28.5. The molecule has 202 valence electrons. The lowest BCUT2D eigenvalue weighted by atomic mass is 10.0. The Labute approximate surface area is 224 Å². The highest BCUT2D eigenvalue weighted by molar-refractivity contribution is 6.23. The van der Waals surface area contributed by atoms with Crippen LogP contribution in [0, 0.1) is 11.3 Å². The van der Waals surface area contributed by atoms with Crippen molar-refractivity contribution in [3.63, 3.8) is 0 Å². The summed E-state index contributed by atoms with van der Waals surface area (Å²) >= 11 is 0. The van der Waals surface area contributed by atoms with Crippen molar-refractivity contribution in [2.45, 2.75) is 52.1 Å². The number of ether oxygens (including phenoxy) is 1. The van der Waals surface area contributed by atoms with Gasteiger partial charge in [0.15, 0.2) is 0 Å². The number of nitrogens with one attached hydrogen (secondary N) is 1. The van der Waals surface area contributed by atoms with Crippen molar-refractivity contribution in [2.24, 2.45) is 0 Å². The van der Waals surface area contributed by atoms with Crippen molar-refractivity contribution in [3.05, 3.63) is 83.4 Å². The summed E-state index contributed by atoms with van der Waals surface area (Å²) in [4.78, 5) is 28.9. The van der Waals surface area contributed by atoms with E-state index >= 15 is 0 Å². The number of amides is 3. The van der Waals surface area contributed by atoms with E-state index in [1.807, 2.05) is 50.2 Å². The van der Waals surface area contributed by atoms with Gasteiger partial charge in [-0.1, -0.05) is 18.2 Å². The van der Waals surface area contributed by atoms with E-state index in [-0.39, 0.29) is 18.3 Å². The predicted molar refractivity (Wildman–Crippen MR) is 141 cm³/mol. The van der Waals surface area contributed by atoms with Crippen LogP contribution in [0.1, 0.15) is 44.4 Å². The smallest absolute Gasteiger partial charge is 0.417 e. The van der Waals surface area contributed by atoms with Crippen LogP contribution in [-0.4, -0.2) is 28.5 Å². The fourth-order valence-corrected chi connectivity index (χ4v) is 4.33. The molecule has 0 saturated carbocycles. The van der Waals surface area contributed by atoms with Gasteiger partial charge < -0.3 is 15.0 Å². The number of hydrogen-bond donors (Lipinski definition) is 1. The summed E-state index contributed by atoms with van der Waals surface area (Å²) < 4.78 is 46.3. The van der Waals surface area contributed by atoms with Gasteiger partial charge in [0.25, 0.3) is 5.91 Å². The molecule has 10 heteroatoms. The summed E-state index contributed by atoms with van der Waals surface area (Å²) in [7, 11) is 0. The fourth-order valence-electron chi connectivity index (χ4n) is 4.33. The first kappa shape index (κ1) is 27.5. The number of halogens is 3. The number of hydrogen-bond acceptors (Lipinski definition) is 5. The SMILES string of the molecule is CC(C)Oc1ccc(Nc2ccccc2CN2C(=O)N(c3ccc(C#N)c(C(F)(F)F)c3)C(=O)C2(C)C)cc1. The van der Waals surface area contributed by atoms with Gasteiger partial charge in [0, 0.05) is 11.4 Å². The second-order valence-corrected chi connectivity index (χ2v) is 9.88. The number of nitriles is 1. The number of para-hydroxylation sites is 1. The standard InChI is InChI=1S/C29H27F3N4O3/c1-18(2)39-23-13-10-21(11-14-23)34-25-8-6-5-7-20(25)17-35-27(38)36(26(37)28(35,3)4)22-12-9-19(16-33)24(15-22)29(30,31)32/h5-15,18,34H,17H2,1-4H3. The zero-order valence-electron chi connectivity index (χ0n) is 21.8. The van der Waals surface area contributed by atoms with E-state index in [2.05, 4.69) is 5.32 Å². The monoisotopic (exact) mass is 536 g/mol. The topological polar surface area (TPSA) is 85.7 Å². The number of benzene rings is 3. The van der Waals surface area contributed by atoms with E-state index in [1.54, 1.807) is 26.0 Å². The highest BCUT2D eigenvalue weighted by Crippen LogP contribution is 2.38. The Morgan fingerprint density at radius 3 is 2.31 bits per heavy atom. The predicted octanol–water partition coefficient (Wildman–Crippen LogP) is 6.86. The van der Waals surface area contributed by atoms with E-state index < -0.39 is 34.8 Å². The third-order valence-corrected chi connectivity index (χ3v) is 6.36. The van der Waals surface area contributed by atoms with Crippen molar-refractivity contribution < 1.29 is 27.5 Å². The minimum Gasteiger partial charge on any atom is -0.491 e. The zero-order valence-corrected chi connectivity index (χ0v) is 21.8. The summed E-state index contributed by atoms with van der Waals surface area (Å²) in [5.74, 6) is 0.0554. The van der Waals surface area contributed by atoms with Gasteiger partial charge in [-0.05, 0) is 81.8 Å². The Morgan fingerprint density at radius 2 is 1.69 bits per heavy atom. The van der Waals surface area contributed by atoms with Gasteiger partial charge in [-0.25, -0.2) is 9.69 Å². The van der Waals surface area contributed by atoms with E-state index in [1.165, 1.54) is 17.0 Å². The lowest BCUT2D eigenvalue weighted by Gasteiger charge is -2.28. The number of nitrogens with zero attached hydrogens (tertiary/aromatic N) is 3. The quantitative estimate of drug-likeness (QED) is 0.334. The lowest BCUT2D eigenvalue weighted by Crippen LogP contribution is -2.43. The highest BCUT2D eigenvalue weighted by Gasteiger charge is 2.52. The average Bonchev–Trinajstić information content (AvgIpc) is 3.04. The molecule has 0 radical (unpaired) electrons. The number of alkyl halides is 3. The molecule has 7 nitrogen and oxygen atoms in total. The Morgan fingerprint density at radius 1 is 1.03 bits per heavy atom. The highest BCUT2D eigenvalue weighted by atomic mass is 19.4. The Hall–Kier alpha value is -4.52. The summed E-state index contributed by atoms with van der Waals surface area (Å²) in [6.07, 6.45) is -4.79. The lowest BCUT2D eigenvalue weighted by molar-refractivity contribution is -0.137. The Balaban J connectivity index is 1.62. The molecular formula is C29H27F3N4O3. The molecule has 1 aliphatic heterocycles. The largest absolute Gasteiger partial charge is 0.491 e. The molecule has 3 aromatic carbocycles. The number of anilines is 3. The minimum absolute atomic E-state index is 0.0220. The first-order chi connectivity index (χ1) is 18.3. The molecule has 3 amide bonds. The summed E-state index contributed by atoms with van der Waals surface area (Å²) in [5.41, 5.74) is -1.22. The Bertz CT molecular complexity index is 1440. The number of carbonyl (C=O) groups is 2. The number of imide groups is 1. The van der Waals surface area contributed by atoms with Gasteiger partial charge in [0.2, 0.25) is 0 Å². The van der Waals surface area contributed by atoms with Gasteiger partial charge >= 0.3 is 12.2 Å². The van der Waals surface area contributed by atoms with Crippen LogP contribution in [0.5, 0.6) is 5.75 Å². The van der Waals surface area contributed by atoms with E-state index in [4.69, 9.17) is 10.00 Å². The molecule has 0 aromatic heterocycles. The van der Waals surface area contributed by atoms with E-state index in [9.17, 15) is 22.8 Å². The first-order valence-corrected chi connectivity index (χ1v) is 12.2. The summed E-state index contributed by atoms with van der Waals surface area (Å²) in [6.45, 7) is 6.99. The second-order valence-electron chi connectivity index (χ2n) is 9.88. The molecule has 0 unspecified atom stereocenters. The third kappa shape index (κ3) is 5.53. The van der Waals surface area contributed by atoms with Crippen LogP contribution in [0.4, 0.5) is 35.0 Å². The summed E-state index contributed by atoms with van der Waals surface area (Å²) in [6, 6.07) is 18.2. The van der Waals surface area contributed by atoms with Crippen molar-refractivity contribution in [2.75, 3.05) is 10.2 Å². The third-order valence-electron chi connectivity index (χ3n) is 6.36. The number of carbonyl (C=O) groups excluding carboxylic acids is 2. The van der Waals surface area contributed by atoms with Crippen LogP contribution in [0.3, 0.4) is 0 Å². The molecule has 1 saturated heterocycles. The maximum Gasteiger partial charge on any atom is 0.417 e. The molecule has 4 rings (SSSR count). The fraction of sp³-hybridized carbons (Fsp3) is 0.276. The van der Waals surface area contributed by atoms with Crippen LogP contribution in [0.2, 0.25) is 0 Å². The van der Waals surface area contributed by atoms with Gasteiger partial charge in [0.05, 0.1) is 35.5 Å². The maximum absolute atomic E-state index is 13.6. The van der Waals surface area contributed by atoms with Crippen LogP contribution in [0.25, 0.3) is 0 Å². The molecule has 0 spiro atoms. The first-order valence-electron chi connectivity index (χ1n) is 12.2. The molecule has 0 bridgehead atoms. The van der Waals surface area contributed by atoms with Gasteiger partial charge in [-0.2, -0.15) is 18.4 Å². The van der Waals surface area contributed by atoms with Crippen LogP contribution in [-0.2, 0) is 17.5 Å². The molecule has 1 heterocycles. The molecule has 0 atom stereocenters. The Kier molecular flexibility index (Phi) is 7.29. The number of urea groups is 1. The second kappa shape index (κ2) is 10.3. The van der Waals surface area contributed by atoms with Crippen molar-refractivity contribution in [1.82, 2.24) is 4.90 Å². The molecule has 39 heavy (non-hydrogen) atoms. The van der Waals surface area contributed by atoms with Gasteiger partial charge in [0.1, 0.15) is 11.3 Å². The molecule has 1 N–H and O–H groups in total. The molecule has 1 fully saturated rings. The van der Waals surface area contributed by atoms with Crippen LogP contribution in [0.15, 0.2) is 66.7 Å². The van der Waals surface area contributed by atoms with Gasteiger partial charge in [-0.3, -0.25) is 4.79 Å². The summed E-state index contributed by atoms with van der Waals surface area (Å²) in [5, 5.41) is 12.4. The van der Waals surface area contributed by atoms with Crippen molar-refractivity contribution >= 4 is 29.0 Å². The molecule has 0 aliphatic carbocycles.